The molecule has 0 saturated carbocycles. The summed E-state index contributed by atoms with van der Waals surface area (Å²) >= 11 is 1.16. The average molecular weight is 469 g/mol. The van der Waals surface area contributed by atoms with E-state index in [-0.39, 0.29) is 35.1 Å². The van der Waals surface area contributed by atoms with Crippen molar-refractivity contribution in [2.45, 2.75) is 11.7 Å². The number of hydrogen-bond donors (Lipinski definition) is 0. The predicted molar refractivity (Wildman–Crippen MR) is 124 cm³/mol. The maximum Gasteiger partial charge on any atom is 0.332 e. The molecule has 0 aliphatic carbocycles. The lowest BCUT2D eigenvalue weighted by Gasteiger charge is -2.10. The third kappa shape index (κ3) is 4.34. The molecule has 0 aliphatic rings. The molecule has 4 aromatic rings. The molecule has 170 valence electrons. The molecule has 8 nitrogen and oxygen atoms in total. The minimum atomic E-state index is -0.497. The zero-order chi connectivity index (χ0) is 23.7. The number of methoxy groups -OCH3 is 1. The Morgan fingerprint density at radius 2 is 1.82 bits per heavy atom. The molecule has 0 radical (unpaired) electrons. The summed E-state index contributed by atoms with van der Waals surface area (Å²) in [5, 5.41) is 0.406. The summed E-state index contributed by atoms with van der Waals surface area (Å²) in [5.41, 5.74) is 0.706. The monoisotopic (exact) mass is 468 g/mol. The second-order valence-electron chi connectivity index (χ2n) is 7.43. The van der Waals surface area contributed by atoms with Gasteiger partial charge in [0.2, 0.25) is 0 Å². The Balaban J connectivity index is 1.76. The minimum absolute atomic E-state index is 0.0637. The largest absolute Gasteiger partial charge is 0.497 e. The van der Waals surface area contributed by atoms with Crippen molar-refractivity contribution < 1.29 is 13.9 Å². The maximum atomic E-state index is 13.4. The van der Waals surface area contributed by atoms with E-state index in [9.17, 15) is 18.8 Å². The van der Waals surface area contributed by atoms with Crippen LogP contribution in [0.1, 0.15) is 15.9 Å². The summed E-state index contributed by atoms with van der Waals surface area (Å²) in [6, 6.07) is 12.7. The van der Waals surface area contributed by atoms with E-state index in [2.05, 4.69) is 4.98 Å². The van der Waals surface area contributed by atoms with Gasteiger partial charge in [-0.3, -0.25) is 18.7 Å². The summed E-state index contributed by atoms with van der Waals surface area (Å²) in [4.78, 5) is 42.6. The van der Waals surface area contributed by atoms with E-state index < -0.39 is 11.2 Å². The Kier molecular flexibility index (Phi) is 6.19. The molecular formula is C23H21FN4O4S. The lowest BCUT2D eigenvalue weighted by molar-refractivity contribution is 0.102. The molecule has 0 spiro atoms. The molecule has 2 aromatic heterocycles. The molecule has 0 N–H and O–H groups in total. The van der Waals surface area contributed by atoms with E-state index in [0.29, 0.717) is 16.5 Å². The molecule has 0 atom stereocenters. The quantitative estimate of drug-likeness (QED) is 0.306. The normalized spacial score (nSPS) is 11.2. The van der Waals surface area contributed by atoms with Crippen LogP contribution in [0, 0.1) is 5.82 Å². The van der Waals surface area contributed by atoms with Crippen molar-refractivity contribution in [1.82, 2.24) is 18.7 Å². The third-order valence-electron chi connectivity index (χ3n) is 5.29. The highest BCUT2D eigenvalue weighted by Gasteiger charge is 2.21. The van der Waals surface area contributed by atoms with Gasteiger partial charge in [-0.2, -0.15) is 0 Å². The number of carbonyl (C=O) groups excluding carboxylic acids is 1. The number of thioether (sulfide) groups is 1. The molecule has 0 aliphatic heterocycles. The van der Waals surface area contributed by atoms with Crippen molar-refractivity contribution >= 4 is 28.7 Å². The van der Waals surface area contributed by atoms with Gasteiger partial charge in [-0.25, -0.2) is 14.2 Å². The number of rotatable bonds is 7. The van der Waals surface area contributed by atoms with E-state index >= 15 is 0 Å². The number of nitrogens with zero attached hydrogens (tertiary/aromatic N) is 4. The fourth-order valence-corrected chi connectivity index (χ4v) is 4.36. The van der Waals surface area contributed by atoms with Crippen molar-refractivity contribution in [2.24, 2.45) is 14.1 Å². The number of benzene rings is 2. The van der Waals surface area contributed by atoms with Crippen molar-refractivity contribution in [2.75, 3.05) is 12.9 Å². The number of ketones is 1. The van der Waals surface area contributed by atoms with Gasteiger partial charge >= 0.3 is 5.69 Å². The molecule has 10 heteroatoms. The van der Waals surface area contributed by atoms with Gasteiger partial charge in [0.25, 0.3) is 5.56 Å². The molecule has 4 rings (SSSR count). The van der Waals surface area contributed by atoms with E-state index in [1.807, 2.05) is 0 Å². The second-order valence-corrected chi connectivity index (χ2v) is 8.37. The molecule has 2 aromatic carbocycles. The van der Waals surface area contributed by atoms with Crippen molar-refractivity contribution in [1.29, 1.82) is 0 Å². The highest BCUT2D eigenvalue weighted by molar-refractivity contribution is 7.99. The highest BCUT2D eigenvalue weighted by Crippen LogP contribution is 2.24. The summed E-state index contributed by atoms with van der Waals surface area (Å²) < 4.78 is 22.5. The lowest BCUT2D eigenvalue weighted by atomic mass is 10.1. The van der Waals surface area contributed by atoms with Gasteiger partial charge < -0.3 is 9.30 Å². The van der Waals surface area contributed by atoms with Crippen LogP contribution in [0.5, 0.6) is 5.75 Å². The Bertz CT molecular complexity index is 1470. The highest BCUT2D eigenvalue weighted by atomic mass is 32.2. The zero-order valence-corrected chi connectivity index (χ0v) is 19.1. The molecule has 0 saturated heterocycles. The first kappa shape index (κ1) is 22.5. The van der Waals surface area contributed by atoms with Crippen LogP contribution in [0.4, 0.5) is 4.39 Å². The number of halogens is 1. The van der Waals surface area contributed by atoms with E-state index in [1.165, 1.54) is 37.9 Å². The Hall–Kier alpha value is -3.66. The van der Waals surface area contributed by atoms with Crippen molar-refractivity contribution in [3.05, 3.63) is 86.3 Å². The van der Waals surface area contributed by atoms with Crippen LogP contribution in [-0.4, -0.2) is 37.3 Å². The van der Waals surface area contributed by atoms with Gasteiger partial charge in [0.1, 0.15) is 11.6 Å². The van der Waals surface area contributed by atoms with Gasteiger partial charge in [0.15, 0.2) is 22.1 Å². The number of hydrogen-bond acceptors (Lipinski definition) is 6. The van der Waals surface area contributed by atoms with Gasteiger partial charge in [0, 0.05) is 19.7 Å². The van der Waals surface area contributed by atoms with Gasteiger partial charge in [-0.1, -0.05) is 36.0 Å². The van der Waals surface area contributed by atoms with Gasteiger partial charge in [-0.15, -0.1) is 0 Å². The van der Waals surface area contributed by atoms with Gasteiger partial charge in [-0.05, 0) is 29.8 Å². The SMILES string of the molecule is COc1cccc(C(=O)CSc2nc3c(c(=O)n(C)c(=O)n3C)n2Cc2ccc(F)cc2)c1. The fourth-order valence-electron chi connectivity index (χ4n) is 3.47. The maximum absolute atomic E-state index is 13.4. The minimum Gasteiger partial charge on any atom is -0.497 e. The molecule has 0 fully saturated rings. The van der Waals surface area contributed by atoms with E-state index in [0.717, 1.165) is 21.9 Å². The fraction of sp³-hybridized carbons (Fsp3) is 0.217. The number of aryl methyl sites for hydroxylation is 1. The topological polar surface area (TPSA) is 88.1 Å². The molecular weight excluding hydrogens is 447 g/mol. The number of fused-ring (bicyclic) bond motifs is 1. The van der Waals surface area contributed by atoms with E-state index in [1.54, 1.807) is 41.0 Å². The van der Waals surface area contributed by atoms with Crippen LogP contribution in [0.15, 0.2) is 63.3 Å². The summed E-state index contributed by atoms with van der Waals surface area (Å²) in [5.74, 6) is 0.133. The smallest absolute Gasteiger partial charge is 0.332 e. The van der Waals surface area contributed by atoms with Crippen LogP contribution >= 0.6 is 11.8 Å². The standard InChI is InChI=1S/C23H21FN4O4S/c1-26-20-19(21(30)27(2)23(26)31)28(12-14-7-9-16(24)10-8-14)22(25-20)33-13-18(29)15-5-4-6-17(11-15)32-3/h4-11H,12-13H2,1-3H3. The number of Topliss-reactive ketones (excluding diaryl/α,β-unsaturated/α-hetero) is 1. The molecule has 0 amide bonds. The van der Waals surface area contributed by atoms with E-state index in [4.69, 9.17) is 4.74 Å². The molecule has 33 heavy (non-hydrogen) atoms. The Morgan fingerprint density at radius 1 is 1.09 bits per heavy atom. The van der Waals surface area contributed by atoms with Crippen LogP contribution in [0.2, 0.25) is 0 Å². The first-order valence-corrected chi connectivity index (χ1v) is 11.0. The number of ether oxygens (including phenoxy) is 1. The predicted octanol–water partition coefficient (Wildman–Crippen LogP) is 2.60. The van der Waals surface area contributed by atoms with Crippen molar-refractivity contribution in [3.8, 4) is 5.75 Å². The summed E-state index contributed by atoms with van der Waals surface area (Å²) in [6.07, 6.45) is 0. The number of carbonyl (C=O) groups is 1. The van der Waals surface area contributed by atoms with Crippen LogP contribution in [0.3, 0.4) is 0 Å². The van der Waals surface area contributed by atoms with Gasteiger partial charge in [0.05, 0.1) is 19.4 Å². The molecule has 0 unspecified atom stereocenters. The zero-order valence-electron chi connectivity index (χ0n) is 18.2. The number of aromatic nitrogens is 4. The molecule has 2 heterocycles. The average Bonchev–Trinajstić information content (AvgIpc) is 3.19. The third-order valence-corrected chi connectivity index (χ3v) is 6.27. The van der Waals surface area contributed by atoms with Crippen molar-refractivity contribution in [3.63, 3.8) is 0 Å². The Morgan fingerprint density at radius 3 is 2.52 bits per heavy atom. The van der Waals surface area contributed by atoms with Crippen LogP contribution in [-0.2, 0) is 20.6 Å². The second kappa shape index (κ2) is 9.07. The summed E-state index contributed by atoms with van der Waals surface area (Å²) in [7, 11) is 4.47. The summed E-state index contributed by atoms with van der Waals surface area (Å²) in [6.45, 7) is 0.222. The lowest BCUT2D eigenvalue weighted by Crippen LogP contribution is -2.37. The van der Waals surface area contributed by atoms with Crippen LogP contribution < -0.4 is 16.0 Å². The Labute approximate surface area is 192 Å². The van der Waals surface area contributed by atoms with Crippen LogP contribution in [0.25, 0.3) is 11.2 Å². The first-order valence-electron chi connectivity index (χ1n) is 10.0. The number of imidazole rings is 1. The molecule has 0 bridgehead atoms. The first-order chi connectivity index (χ1) is 15.8.